The van der Waals surface area contributed by atoms with Gasteiger partial charge in [0, 0.05) is 6.04 Å². The second-order valence-electron chi connectivity index (χ2n) is 3.50. The molecule has 1 aliphatic rings. The summed E-state index contributed by atoms with van der Waals surface area (Å²) < 4.78 is 15.0. The maximum Gasteiger partial charge on any atom is 0.307 e. The number of nitrogens with two attached hydrogens (primary N) is 1. The third-order valence-electron chi connectivity index (χ3n) is 2.44. The summed E-state index contributed by atoms with van der Waals surface area (Å²) in [6, 6.07) is 5.01. The van der Waals surface area contributed by atoms with Gasteiger partial charge in [0.25, 0.3) is 0 Å². The number of rotatable bonds is 3. The van der Waals surface area contributed by atoms with Gasteiger partial charge >= 0.3 is 5.97 Å². The number of fused-ring (bicyclic) bond motifs is 1. The molecule has 0 radical (unpaired) electrons. The number of hydrogen-bond acceptors (Lipinski definition) is 5. The van der Waals surface area contributed by atoms with Crippen molar-refractivity contribution in [2.75, 3.05) is 13.9 Å². The number of esters is 1. The highest BCUT2D eigenvalue weighted by Crippen LogP contribution is 2.34. The Hall–Kier alpha value is -1.75. The lowest BCUT2D eigenvalue weighted by atomic mass is 10.0. The zero-order chi connectivity index (χ0) is 11.5. The Balaban J connectivity index is 2.12. The maximum absolute atomic E-state index is 11.1. The van der Waals surface area contributed by atoms with Crippen molar-refractivity contribution in [2.45, 2.75) is 12.5 Å². The van der Waals surface area contributed by atoms with Gasteiger partial charge in [0.2, 0.25) is 6.79 Å². The first kappa shape index (κ1) is 10.8. The Bertz CT molecular complexity index is 405. The van der Waals surface area contributed by atoms with Gasteiger partial charge in [-0.05, 0) is 17.7 Å². The summed E-state index contributed by atoms with van der Waals surface area (Å²) in [5, 5.41) is 0. The minimum Gasteiger partial charge on any atom is -0.469 e. The van der Waals surface area contributed by atoms with Gasteiger partial charge in [0.05, 0.1) is 13.5 Å². The highest BCUT2D eigenvalue weighted by atomic mass is 16.7. The van der Waals surface area contributed by atoms with Gasteiger partial charge < -0.3 is 19.9 Å². The lowest BCUT2D eigenvalue weighted by molar-refractivity contribution is -0.141. The fourth-order valence-corrected chi connectivity index (χ4v) is 1.52. The Morgan fingerprint density at radius 3 is 3.00 bits per heavy atom. The van der Waals surface area contributed by atoms with Crippen LogP contribution in [-0.4, -0.2) is 19.9 Å². The highest BCUT2D eigenvalue weighted by Gasteiger charge is 2.17. The van der Waals surface area contributed by atoms with Crippen molar-refractivity contribution in [3.05, 3.63) is 23.8 Å². The van der Waals surface area contributed by atoms with Gasteiger partial charge in [-0.1, -0.05) is 6.07 Å². The van der Waals surface area contributed by atoms with Crippen LogP contribution in [0.2, 0.25) is 0 Å². The van der Waals surface area contributed by atoms with Crippen LogP contribution in [0.15, 0.2) is 18.2 Å². The van der Waals surface area contributed by atoms with Crippen LogP contribution in [-0.2, 0) is 9.53 Å². The monoisotopic (exact) mass is 223 g/mol. The van der Waals surface area contributed by atoms with Crippen molar-refractivity contribution in [3.8, 4) is 11.5 Å². The van der Waals surface area contributed by atoms with E-state index in [4.69, 9.17) is 15.2 Å². The average Bonchev–Trinajstić information content (AvgIpc) is 2.75. The van der Waals surface area contributed by atoms with Crippen LogP contribution in [0, 0.1) is 0 Å². The van der Waals surface area contributed by atoms with Crippen molar-refractivity contribution in [1.29, 1.82) is 0 Å². The fourth-order valence-electron chi connectivity index (χ4n) is 1.52. The third kappa shape index (κ3) is 2.09. The third-order valence-corrected chi connectivity index (χ3v) is 2.44. The summed E-state index contributed by atoms with van der Waals surface area (Å²) in [6.45, 7) is 0.227. The molecular weight excluding hydrogens is 210 g/mol. The van der Waals surface area contributed by atoms with Crippen molar-refractivity contribution < 1.29 is 19.0 Å². The van der Waals surface area contributed by atoms with Crippen molar-refractivity contribution in [3.63, 3.8) is 0 Å². The van der Waals surface area contributed by atoms with E-state index in [0.29, 0.717) is 11.5 Å². The molecule has 0 aromatic heterocycles. The van der Waals surface area contributed by atoms with Crippen LogP contribution in [0.3, 0.4) is 0 Å². The molecule has 2 N–H and O–H groups in total. The quantitative estimate of drug-likeness (QED) is 0.773. The van der Waals surface area contributed by atoms with Gasteiger partial charge in [-0.25, -0.2) is 0 Å². The molecule has 16 heavy (non-hydrogen) atoms. The van der Waals surface area contributed by atoms with Crippen molar-refractivity contribution >= 4 is 5.97 Å². The molecule has 0 unspecified atom stereocenters. The van der Waals surface area contributed by atoms with E-state index in [2.05, 4.69) is 4.74 Å². The van der Waals surface area contributed by atoms with E-state index in [-0.39, 0.29) is 25.2 Å². The summed E-state index contributed by atoms with van der Waals surface area (Å²) >= 11 is 0. The van der Waals surface area contributed by atoms with Gasteiger partial charge in [-0.15, -0.1) is 0 Å². The smallest absolute Gasteiger partial charge is 0.307 e. The number of carbonyl (C=O) groups is 1. The normalized spacial score (nSPS) is 14.6. The van der Waals surface area contributed by atoms with Crippen LogP contribution < -0.4 is 15.2 Å². The van der Waals surface area contributed by atoms with Crippen molar-refractivity contribution in [2.24, 2.45) is 5.73 Å². The number of ether oxygens (including phenoxy) is 3. The largest absolute Gasteiger partial charge is 0.469 e. The lowest BCUT2D eigenvalue weighted by Crippen LogP contribution is -2.16. The highest BCUT2D eigenvalue weighted by molar-refractivity contribution is 5.70. The molecule has 5 heteroatoms. The van der Waals surface area contributed by atoms with Crippen molar-refractivity contribution in [1.82, 2.24) is 0 Å². The zero-order valence-corrected chi connectivity index (χ0v) is 8.93. The van der Waals surface area contributed by atoms with E-state index < -0.39 is 0 Å². The molecule has 0 bridgehead atoms. The van der Waals surface area contributed by atoms with Crippen LogP contribution >= 0.6 is 0 Å². The Labute approximate surface area is 93.1 Å². The molecular formula is C11H13NO4. The molecule has 1 heterocycles. The number of methoxy groups -OCH3 is 1. The summed E-state index contributed by atoms with van der Waals surface area (Å²) in [7, 11) is 1.34. The van der Waals surface area contributed by atoms with Crippen LogP contribution in [0.4, 0.5) is 0 Å². The molecule has 1 atom stereocenters. The van der Waals surface area contributed by atoms with Gasteiger partial charge in [-0.2, -0.15) is 0 Å². The first-order chi connectivity index (χ1) is 7.70. The second kappa shape index (κ2) is 4.40. The van der Waals surface area contributed by atoms with Crippen LogP contribution in [0.1, 0.15) is 18.0 Å². The summed E-state index contributed by atoms with van der Waals surface area (Å²) in [5.41, 5.74) is 6.70. The zero-order valence-electron chi connectivity index (χ0n) is 8.93. The fraction of sp³-hybridized carbons (Fsp3) is 0.364. The number of carbonyl (C=O) groups excluding carboxylic acids is 1. The summed E-state index contributed by atoms with van der Waals surface area (Å²) in [6.07, 6.45) is 0.149. The molecule has 1 aromatic rings. The van der Waals surface area contributed by atoms with Crippen LogP contribution in [0.25, 0.3) is 0 Å². The Morgan fingerprint density at radius 2 is 2.25 bits per heavy atom. The molecule has 1 aliphatic heterocycles. The molecule has 0 saturated heterocycles. The molecule has 0 amide bonds. The van der Waals surface area contributed by atoms with E-state index in [9.17, 15) is 4.79 Å². The van der Waals surface area contributed by atoms with Crippen LogP contribution in [0.5, 0.6) is 11.5 Å². The lowest BCUT2D eigenvalue weighted by Gasteiger charge is -2.10. The predicted octanol–water partition coefficient (Wildman–Crippen LogP) is 0.978. The topological polar surface area (TPSA) is 70.8 Å². The molecule has 0 saturated carbocycles. The van der Waals surface area contributed by atoms with E-state index in [1.807, 2.05) is 6.07 Å². The van der Waals surface area contributed by atoms with E-state index in [1.54, 1.807) is 12.1 Å². The molecule has 2 rings (SSSR count). The molecule has 5 nitrogen and oxygen atoms in total. The minimum absolute atomic E-state index is 0.149. The minimum atomic E-state index is -0.387. The summed E-state index contributed by atoms with van der Waals surface area (Å²) in [5.74, 6) is 1.04. The molecule has 0 spiro atoms. The van der Waals surface area contributed by atoms with E-state index in [0.717, 1.165) is 5.56 Å². The SMILES string of the molecule is COC(=O)C[C@H](N)c1ccc2c(c1)OCO2. The predicted molar refractivity (Wildman–Crippen MR) is 56.1 cm³/mol. The molecule has 86 valence electrons. The van der Waals surface area contributed by atoms with E-state index >= 15 is 0 Å². The summed E-state index contributed by atoms with van der Waals surface area (Å²) in [4.78, 5) is 11.1. The van der Waals surface area contributed by atoms with Gasteiger partial charge in [-0.3, -0.25) is 4.79 Å². The maximum atomic E-state index is 11.1. The number of hydrogen-bond donors (Lipinski definition) is 1. The average molecular weight is 223 g/mol. The Kier molecular flexibility index (Phi) is 2.96. The van der Waals surface area contributed by atoms with Gasteiger partial charge in [0.15, 0.2) is 11.5 Å². The second-order valence-corrected chi connectivity index (χ2v) is 3.50. The Morgan fingerprint density at radius 1 is 1.50 bits per heavy atom. The first-order valence-electron chi connectivity index (χ1n) is 4.92. The first-order valence-corrected chi connectivity index (χ1v) is 4.92. The van der Waals surface area contributed by atoms with Gasteiger partial charge in [0.1, 0.15) is 0 Å². The number of benzene rings is 1. The standard InChI is InChI=1S/C11H13NO4/c1-14-11(13)5-8(12)7-2-3-9-10(4-7)16-6-15-9/h2-4,8H,5-6,12H2,1H3/t8-/m0/s1. The molecule has 0 aliphatic carbocycles. The van der Waals surface area contributed by atoms with E-state index in [1.165, 1.54) is 7.11 Å². The molecule has 0 fully saturated rings. The molecule has 1 aromatic carbocycles.